The van der Waals surface area contributed by atoms with Gasteiger partial charge < -0.3 is 20.5 Å². The van der Waals surface area contributed by atoms with Gasteiger partial charge in [0.25, 0.3) is 0 Å². The summed E-state index contributed by atoms with van der Waals surface area (Å²) in [4.78, 5) is 10.8. The zero-order valence-corrected chi connectivity index (χ0v) is 7.60. The molecule has 14 heavy (non-hydrogen) atoms. The second kappa shape index (κ2) is 4.12. The molecule has 0 atom stereocenters. The smallest absolute Gasteiger partial charge is 0.492 e. The first-order chi connectivity index (χ1) is 6.56. The van der Waals surface area contributed by atoms with Gasteiger partial charge in [-0.05, 0) is 18.2 Å². The van der Waals surface area contributed by atoms with Crippen molar-refractivity contribution in [2.45, 2.75) is 0 Å². The first-order valence-corrected chi connectivity index (χ1v) is 3.90. The van der Waals surface area contributed by atoms with Crippen molar-refractivity contribution in [1.82, 2.24) is 0 Å². The van der Waals surface area contributed by atoms with Crippen LogP contribution in [-0.4, -0.2) is 30.2 Å². The molecule has 1 aromatic rings. The zero-order valence-electron chi connectivity index (χ0n) is 7.60. The Morgan fingerprint density at radius 3 is 2.57 bits per heavy atom. The van der Waals surface area contributed by atoms with Crippen molar-refractivity contribution in [3.05, 3.63) is 23.8 Å². The maximum Gasteiger partial charge on any atom is 0.492 e. The number of hydrogen-bond donors (Lipinski definition) is 3. The highest BCUT2D eigenvalue weighted by Crippen LogP contribution is 2.09. The largest absolute Gasteiger partial charge is 0.497 e. The van der Waals surface area contributed by atoms with E-state index in [0.29, 0.717) is 5.75 Å². The molecule has 1 aromatic carbocycles. The van der Waals surface area contributed by atoms with Crippen molar-refractivity contribution in [3.63, 3.8) is 0 Å². The van der Waals surface area contributed by atoms with Crippen LogP contribution in [0.3, 0.4) is 0 Å². The van der Waals surface area contributed by atoms with E-state index in [-0.39, 0.29) is 11.0 Å². The van der Waals surface area contributed by atoms with E-state index in [9.17, 15) is 4.79 Å². The van der Waals surface area contributed by atoms with Gasteiger partial charge in [-0.1, -0.05) is 0 Å². The van der Waals surface area contributed by atoms with E-state index in [1.54, 1.807) is 0 Å². The summed E-state index contributed by atoms with van der Waals surface area (Å²) in [5, 5.41) is 17.9. The molecular weight excluding hydrogens is 185 g/mol. The zero-order chi connectivity index (χ0) is 10.7. The molecule has 0 bridgehead atoms. The highest BCUT2D eigenvalue weighted by Gasteiger charge is 2.18. The lowest BCUT2D eigenvalue weighted by Crippen LogP contribution is -2.32. The average Bonchev–Trinajstić information content (AvgIpc) is 2.16. The fraction of sp³-hybridized carbons (Fsp3) is 0.125. The minimum absolute atomic E-state index is 0.115. The minimum atomic E-state index is -1.69. The molecule has 0 heterocycles. The van der Waals surface area contributed by atoms with E-state index in [2.05, 4.69) is 0 Å². The number of methoxy groups -OCH3 is 1. The molecular formula is C8H10BNO4. The van der Waals surface area contributed by atoms with Gasteiger partial charge >= 0.3 is 7.12 Å². The average molecular weight is 195 g/mol. The molecule has 4 N–H and O–H groups in total. The van der Waals surface area contributed by atoms with E-state index in [4.69, 9.17) is 20.5 Å². The lowest BCUT2D eigenvalue weighted by molar-refractivity contribution is 0.100. The predicted octanol–water partition coefficient (Wildman–Crippen LogP) is -1.53. The molecule has 0 saturated carbocycles. The summed E-state index contributed by atoms with van der Waals surface area (Å²) in [5.41, 5.74) is 5.35. The molecule has 74 valence electrons. The van der Waals surface area contributed by atoms with E-state index >= 15 is 0 Å². The first-order valence-electron chi connectivity index (χ1n) is 3.90. The van der Waals surface area contributed by atoms with Crippen LogP contribution in [0, 0.1) is 0 Å². The molecule has 0 aliphatic carbocycles. The van der Waals surface area contributed by atoms with Crippen LogP contribution in [0.15, 0.2) is 18.2 Å². The van der Waals surface area contributed by atoms with Crippen LogP contribution in [0.1, 0.15) is 10.4 Å². The molecule has 6 heteroatoms. The third-order valence-electron chi connectivity index (χ3n) is 1.79. The SMILES string of the molecule is COc1ccc(C(N)=O)cc1B(O)O. The Morgan fingerprint density at radius 2 is 2.14 bits per heavy atom. The molecule has 0 fully saturated rings. The van der Waals surface area contributed by atoms with Crippen molar-refractivity contribution in [3.8, 4) is 5.75 Å². The van der Waals surface area contributed by atoms with Gasteiger partial charge in [-0.25, -0.2) is 0 Å². The van der Waals surface area contributed by atoms with Crippen LogP contribution < -0.4 is 15.9 Å². The van der Waals surface area contributed by atoms with Gasteiger partial charge in [-0.15, -0.1) is 0 Å². The molecule has 0 spiro atoms. The number of benzene rings is 1. The van der Waals surface area contributed by atoms with E-state index < -0.39 is 13.0 Å². The Kier molecular flexibility index (Phi) is 3.11. The van der Waals surface area contributed by atoms with E-state index in [1.165, 1.54) is 25.3 Å². The number of carbonyl (C=O) groups excluding carboxylic acids is 1. The molecule has 0 unspecified atom stereocenters. The number of rotatable bonds is 3. The van der Waals surface area contributed by atoms with E-state index in [1.807, 2.05) is 0 Å². The minimum Gasteiger partial charge on any atom is -0.497 e. The van der Waals surface area contributed by atoms with Crippen LogP contribution in [0.25, 0.3) is 0 Å². The summed E-state index contributed by atoms with van der Waals surface area (Å²) in [7, 11) is -0.297. The number of ether oxygens (including phenoxy) is 1. The number of hydrogen-bond acceptors (Lipinski definition) is 4. The molecule has 1 amide bonds. The van der Waals surface area contributed by atoms with Gasteiger partial charge in [0.05, 0.1) is 7.11 Å². The van der Waals surface area contributed by atoms with E-state index in [0.717, 1.165) is 0 Å². The van der Waals surface area contributed by atoms with Crippen LogP contribution in [0.2, 0.25) is 0 Å². The Balaban J connectivity index is 3.20. The van der Waals surface area contributed by atoms with Crippen molar-refractivity contribution >= 4 is 18.5 Å². The van der Waals surface area contributed by atoms with Crippen LogP contribution in [-0.2, 0) is 0 Å². The van der Waals surface area contributed by atoms with Crippen LogP contribution in [0.4, 0.5) is 0 Å². The second-order valence-electron chi connectivity index (χ2n) is 2.69. The molecule has 0 saturated heterocycles. The van der Waals surface area contributed by atoms with Gasteiger partial charge in [0, 0.05) is 11.0 Å². The fourth-order valence-corrected chi connectivity index (χ4v) is 1.09. The summed E-state index contributed by atoms with van der Waals surface area (Å²) in [5.74, 6) is -0.334. The lowest BCUT2D eigenvalue weighted by atomic mass is 9.78. The fourth-order valence-electron chi connectivity index (χ4n) is 1.09. The van der Waals surface area contributed by atoms with Gasteiger partial charge in [0.2, 0.25) is 5.91 Å². The maximum atomic E-state index is 10.8. The monoisotopic (exact) mass is 195 g/mol. The summed E-state index contributed by atoms with van der Waals surface area (Å²) < 4.78 is 4.87. The molecule has 0 aromatic heterocycles. The molecule has 5 nitrogen and oxygen atoms in total. The highest BCUT2D eigenvalue weighted by molar-refractivity contribution is 6.59. The molecule has 0 aliphatic rings. The van der Waals surface area contributed by atoms with Gasteiger partial charge in [0.1, 0.15) is 5.75 Å². The third-order valence-corrected chi connectivity index (χ3v) is 1.79. The Labute approximate surface area is 81.3 Å². The second-order valence-corrected chi connectivity index (χ2v) is 2.69. The van der Waals surface area contributed by atoms with Crippen LogP contribution >= 0.6 is 0 Å². The first kappa shape index (κ1) is 10.6. The Bertz CT molecular complexity index is 353. The summed E-state index contributed by atoms with van der Waals surface area (Å²) >= 11 is 0. The summed E-state index contributed by atoms with van der Waals surface area (Å²) in [6, 6.07) is 4.19. The molecule has 0 radical (unpaired) electrons. The summed E-state index contributed by atoms with van der Waals surface area (Å²) in [6.07, 6.45) is 0. The number of carbonyl (C=O) groups is 1. The Hall–Kier alpha value is -1.53. The number of primary amides is 1. The van der Waals surface area contributed by atoms with Crippen molar-refractivity contribution in [2.75, 3.05) is 7.11 Å². The van der Waals surface area contributed by atoms with Crippen molar-refractivity contribution < 1.29 is 19.6 Å². The predicted molar refractivity (Wildman–Crippen MR) is 51.3 cm³/mol. The van der Waals surface area contributed by atoms with Gasteiger partial charge in [-0.3, -0.25) is 4.79 Å². The molecule has 0 aliphatic heterocycles. The maximum absolute atomic E-state index is 10.8. The molecule has 1 rings (SSSR count). The van der Waals surface area contributed by atoms with Crippen molar-refractivity contribution in [1.29, 1.82) is 0 Å². The Morgan fingerprint density at radius 1 is 1.50 bits per heavy atom. The van der Waals surface area contributed by atoms with Crippen molar-refractivity contribution in [2.24, 2.45) is 5.73 Å². The summed E-state index contributed by atoms with van der Waals surface area (Å²) in [6.45, 7) is 0. The van der Waals surface area contributed by atoms with Gasteiger partial charge in [-0.2, -0.15) is 0 Å². The topological polar surface area (TPSA) is 92.8 Å². The standard InChI is InChI=1S/C8H10BNO4/c1-14-7-3-2-5(8(10)11)4-6(7)9(12)13/h2-4,12-13H,1H3,(H2,10,11). The lowest BCUT2D eigenvalue weighted by Gasteiger charge is -2.08. The normalized spacial score (nSPS) is 9.64. The third kappa shape index (κ3) is 2.04. The number of nitrogens with two attached hydrogens (primary N) is 1. The quantitative estimate of drug-likeness (QED) is 0.510. The number of amides is 1. The van der Waals surface area contributed by atoms with Gasteiger partial charge in [0.15, 0.2) is 0 Å². The van der Waals surface area contributed by atoms with Crippen LogP contribution in [0.5, 0.6) is 5.75 Å². The highest BCUT2D eigenvalue weighted by atomic mass is 16.5.